The molecule has 0 saturated carbocycles. The second kappa shape index (κ2) is 4.73. The van der Waals surface area contributed by atoms with E-state index in [0.29, 0.717) is 6.04 Å². The Kier molecular flexibility index (Phi) is 3.08. The van der Waals surface area contributed by atoms with E-state index in [9.17, 15) is 9.90 Å². The van der Waals surface area contributed by atoms with Crippen molar-refractivity contribution in [3.63, 3.8) is 0 Å². The molecule has 1 aliphatic carbocycles. The van der Waals surface area contributed by atoms with Gasteiger partial charge in [0.25, 0.3) is 0 Å². The average Bonchev–Trinajstić information content (AvgIpc) is 2.87. The number of aliphatic carboxylic acids is 1. The number of benzene rings is 1. The lowest BCUT2D eigenvalue weighted by Gasteiger charge is -2.35. The maximum atomic E-state index is 11.3. The fourth-order valence-corrected chi connectivity index (χ4v) is 3.50. The van der Waals surface area contributed by atoms with E-state index < -0.39 is 5.97 Å². The largest absolute Gasteiger partial charge is 0.480 e. The van der Waals surface area contributed by atoms with Crippen LogP contribution in [0.3, 0.4) is 0 Å². The van der Waals surface area contributed by atoms with Gasteiger partial charge in [-0.25, -0.2) is 0 Å². The van der Waals surface area contributed by atoms with Gasteiger partial charge in [0, 0.05) is 6.04 Å². The molecule has 1 fully saturated rings. The average molecular weight is 245 g/mol. The van der Waals surface area contributed by atoms with Crippen molar-refractivity contribution in [2.24, 2.45) is 0 Å². The van der Waals surface area contributed by atoms with Crippen LogP contribution < -0.4 is 0 Å². The molecule has 18 heavy (non-hydrogen) atoms. The van der Waals surface area contributed by atoms with Crippen LogP contribution >= 0.6 is 0 Å². The summed E-state index contributed by atoms with van der Waals surface area (Å²) in [5.74, 6) is -0.657. The molecule has 3 nitrogen and oxygen atoms in total. The van der Waals surface area contributed by atoms with Crippen LogP contribution in [0.2, 0.25) is 0 Å². The number of nitrogens with zero attached hydrogens (tertiary/aromatic N) is 1. The van der Waals surface area contributed by atoms with Crippen LogP contribution in [-0.4, -0.2) is 28.6 Å². The van der Waals surface area contributed by atoms with Crippen molar-refractivity contribution in [3.05, 3.63) is 35.4 Å². The maximum absolute atomic E-state index is 11.3. The normalized spacial score (nSPS) is 28.0. The second-order valence-corrected chi connectivity index (χ2v) is 5.34. The molecule has 0 radical (unpaired) electrons. The molecular weight excluding hydrogens is 226 g/mol. The Morgan fingerprint density at radius 1 is 1.22 bits per heavy atom. The van der Waals surface area contributed by atoms with E-state index in [4.69, 9.17) is 0 Å². The highest BCUT2D eigenvalue weighted by Crippen LogP contribution is 2.38. The minimum atomic E-state index is -0.657. The van der Waals surface area contributed by atoms with E-state index in [-0.39, 0.29) is 6.04 Å². The minimum absolute atomic E-state index is 0.277. The summed E-state index contributed by atoms with van der Waals surface area (Å²) in [5, 5.41) is 9.32. The lowest BCUT2D eigenvalue weighted by atomic mass is 9.86. The first-order chi connectivity index (χ1) is 8.77. The molecule has 0 spiro atoms. The third kappa shape index (κ3) is 1.93. The Morgan fingerprint density at radius 3 is 2.89 bits per heavy atom. The molecule has 2 atom stereocenters. The number of carboxylic acids is 1. The Bertz CT molecular complexity index is 458. The van der Waals surface area contributed by atoms with E-state index in [1.807, 2.05) is 0 Å². The van der Waals surface area contributed by atoms with Crippen LogP contribution in [0, 0.1) is 0 Å². The zero-order chi connectivity index (χ0) is 12.5. The Hall–Kier alpha value is -1.35. The molecule has 0 aromatic heterocycles. The predicted octanol–water partition coefficient (Wildman–Crippen LogP) is 2.61. The molecule has 1 aliphatic heterocycles. The van der Waals surface area contributed by atoms with Crippen molar-refractivity contribution in [2.45, 2.75) is 44.2 Å². The summed E-state index contributed by atoms with van der Waals surface area (Å²) in [4.78, 5) is 13.5. The lowest BCUT2D eigenvalue weighted by molar-refractivity contribution is -0.143. The number of aryl methyl sites for hydroxylation is 1. The molecule has 1 heterocycles. The number of hydrogen-bond donors (Lipinski definition) is 1. The number of carbonyl (C=O) groups is 1. The molecule has 1 aromatic carbocycles. The van der Waals surface area contributed by atoms with Crippen molar-refractivity contribution in [2.75, 3.05) is 6.54 Å². The molecule has 3 heteroatoms. The summed E-state index contributed by atoms with van der Waals surface area (Å²) in [5.41, 5.74) is 2.77. The molecule has 2 unspecified atom stereocenters. The summed E-state index contributed by atoms with van der Waals surface area (Å²) in [6, 6.07) is 8.56. The molecule has 0 amide bonds. The molecular formula is C15H19NO2. The van der Waals surface area contributed by atoms with Gasteiger partial charge in [-0.05, 0) is 49.8 Å². The first-order valence-corrected chi connectivity index (χ1v) is 6.84. The van der Waals surface area contributed by atoms with Crippen LogP contribution in [0.1, 0.15) is 42.9 Å². The number of likely N-dealkylation sites (tertiary alicyclic amines) is 1. The van der Waals surface area contributed by atoms with Gasteiger partial charge < -0.3 is 5.11 Å². The topological polar surface area (TPSA) is 40.5 Å². The van der Waals surface area contributed by atoms with Crippen LogP contribution in [0.4, 0.5) is 0 Å². The summed E-state index contributed by atoms with van der Waals surface area (Å²) < 4.78 is 0. The first-order valence-electron chi connectivity index (χ1n) is 6.84. The van der Waals surface area contributed by atoms with Crippen molar-refractivity contribution >= 4 is 5.97 Å². The standard InChI is InChI=1S/C15H19NO2/c17-15(18)14-9-4-10-16(14)13-8-3-6-11-5-1-2-7-12(11)13/h1-2,5,7,13-14H,3-4,6,8-10H2,(H,17,18). The zero-order valence-electron chi connectivity index (χ0n) is 10.5. The fourth-order valence-electron chi connectivity index (χ4n) is 3.50. The smallest absolute Gasteiger partial charge is 0.320 e. The molecule has 3 rings (SSSR count). The highest BCUT2D eigenvalue weighted by molar-refractivity contribution is 5.74. The zero-order valence-corrected chi connectivity index (χ0v) is 10.5. The van der Waals surface area contributed by atoms with Crippen molar-refractivity contribution < 1.29 is 9.90 Å². The van der Waals surface area contributed by atoms with Gasteiger partial charge in [0.05, 0.1) is 0 Å². The van der Waals surface area contributed by atoms with E-state index in [1.54, 1.807) is 0 Å². The van der Waals surface area contributed by atoms with Gasteiger partial charge >= 0.3 is 5.97 Å². The van der Waals surface area contributed by atoms with Crippen LogP contribution in [0.15, 0.2) is 24.3 Å². The van der Waals surface area contributed by atoms with Crippen molar-refractivity contribution in [3.8, 4) is 0 Å². The Labute approximate surface area is 107 Å². The number of carboxylic acid groups (broad SMARTS) is 1. The van der Waals surface area contributed by atoms with E-state index >= 15 is 0 Å². The molecule has 1 saturated heterocycles. The van der Waals surface area contributed by atoms with Crippen LogP contribution in [0.25, 0.3) is 0 Å². The highest BCUT2D eigenvalue weighted by atomic mass is 16.4. The van der Waals surface area contributed by atoms with Gasteiger partial charge in [-0.3, -0.25) is 9.69 Å². The van der Waals surface area contributed by atoms with Gasteiger partial charge in [-0.15, -0.1) is 0 Å². The maximum Gasteiger partial charge on any atom is 0.320 e. The van der Waals surface area contributed by atoms with E-state index in [0.717, 1.165) is 32.2 Å². The second-order valence-electron chi connectivity index (χ2n) is 5.34. The van der Waals surface area contributed by atoms with Gasteiger partial charge in [0.15, 0.2) is 0 Å². The molecule has 1 aromatic rings. The molecule has 1 N–H and O–H groups in total. The number of fused-ring (bicyclic) bond motifs is 1. The number of hydrogen-bond acceptors (Lipinski definition) is 2. The lowest BCUT2D eigenvalue weighted by Crippen LogP contribution is -2.39. The van der Waals surface area contributed by atoms with Crippen LogP contribution in [-0.2, 0) is 11.2 Å². The highest BCUT2D eigenvalue weighted by Gasteiger charge is 2.37. The van der Waals surface area contributed by atoms with Crippen molar-refractivity contribution in [1.29, 1.82) is 0 Å². The van der Waals surface area contributed by atoms with Gasteiger partial charge in [-0.1, -0.05) is 24.3 Å². The fraction of sp³-hybridized carbons (Fsp3) is 0.533. The Morgan fingerprint density at radius 2 is 2.06 bits per heavy atom. The minimum Gasteiger partial charge on any atom is -0.480 e. The SMILES string of the molecule is O=C(O)C1CCCN1C1CCCc2ccccc21. The van der Waals surface area contributed by atoms with Gasteiger partial charge in [-0.2, -0.15) is 0 Å². The van der Waals surface area contributed by atoms with E-state index in [2.05, 4.69) is 29.2 Å². The number of rotatable bonds is 2. The Balaban J connectivity index is 1.91. The first kappa shape index (κ1) is 11.7. The monoisotopic (exact) mass is 245 g/mol. The van der Waals surface area contributed by atoms with Crippen LogP contribution in [0.5, 0.6) is 0 Å². The third-order valence-electron chi connectivity index (χ3n) is 4.32. The van der Waals surface area contributed by atoms with E-state index in [1.165, 1.54) is 17.5 Å². The third-order valence-corrected chi connectivity index (χ3v) is 4.32. The summed E-state index contributed by atoms with van der Waals surface area (Å²) in [7, 11) is 0. The van der Waals surface area contributed by atoms with Gasteiger partial charge in [0.1, 0.15) is 6.04 Å². The van der Waals surface area contributed by atoms with Gasteiger partial charge in [0.2, 0.25) is 0 Å². The predicted molar refractivity (Wildman–Crippen MR) is 69.5 cm³/mol. The summed E-state index contributed by atoms with van der Waals surface area (Å²) in [6.45, 7) is 0.927. The summed E-state index contributed by atoms with van der Waals surface area (Å²) >= 11 is 0. The summed E-state index contributed by atoms with van der Waals surface area (Å²) in [6.07, 6.45) is 5.22. The quantitative estimate of drug-likeness (QED) is 0.870. The molecule has 0 bridgehead atoms. The van der Waals surface area contributed by atoms with Crippen molar-refractivity contribution in [1.82, 2.24) is 4.90 Å². The molecule has 96 valence electrons. The molecule has 2 aliphatic rings.